The first-order valence-corrected chi connectivity index (χ1v) is 9.79. The van der Waals surface area contributed by atoms with Gasteiger partial charge in [-0.1, -0.05) is 0 Å². The molecule has 0 spiro atoms. The third-order valence-electron chi connectivity index (χ3n) is 4.34. The minimum atomic E-state index is -0.316. The normalized spacial score (nSPS) is 11.9. The number of methoxy groups -OCH3 is 1. The van der Waals surface area contributed by atoms with Gasteiger partial charge >= 0.3 is 0 Å². The van der Waals surface area contributed by atoms with Crippen LogP contribution in [-0.4, -0.2) is 29.0 Å². The Morgan fingerprint density at radius 1 is 1.11 bits per heavy atom. The van der Waals surface area contributed by atoms with E-state index in [2.05, 4.69) is 10.3 Å². The molecule has 6 heteroatoms. The lowest BCUT2D eigenvalue weighted by molar-refractivity contribution is -0.115. The van der Waals surface area contributed by atoms with Crippen LogP contribution in [0.25, 0.3) is 10.9 Å². The highest BCUT2D eigenvalue weighted by atomic mass is 32.2. The smallest absolute Gasteiger partial charge is 0.237 e. The molecule has 0 unspecified atom stereocenters. The topological polar surface area (TPSA) is 68.3 Å². The van der Waals surface area contributed by atoms with E-state index in [0.29, 0.717) is 11.3 Å². The summed E-state index contributed by atoms with van der Waals surface area (Å²) in [5, 5.41) is 3.54. The number of nitrogens with zero attached hydrogens (tertiary/aromatic N) is 1. The maximum atomic E-state index is 12.6. The van der Waals surface area contributed by atoms with Crippen molar-refractivity contribution in [3.8, 4) is 5.75 Å². The predicted octanol–water partition coefficient (Wildman–Crippen LogP) is 4.87. The van der Waals surface area contributed by atoms with E-state index < -0.39 is 0 Å². The van der Waals surface area contributed by atoms with Gasteiger partial charge in [-0.3, -0.25) is 14.6 Å². The van der Waals surface area contributed by atoms with Crippen LogP contribution in [0.5, 0.6) is 5.75 Å². The number of ketones is 1. The fourth-order valence-corrected chi connectivity index (χ4v) is 3.88. The summed E-state index contributed by atoms with van der Waals surface area (Å²) in [6.45, 7) is 5.32. The van der Waals surface area contributed by atoms with Gasteiger partial charge in [-0.2, -0.15) is 0 Å². The first kappa shape index (κ1) is 19.9. The number of ether oxygens (including phenoxy) is 1. The molecule has 144 valence electrons. The summed E-state index contributed by atoms with van der Waals surface area (Å²) in [4.78, 5) is 29.5. The van der Waals surface area contributed by atoms with Crippen molar-refractivity contribution in [1.29, 1.82) is 0 Å². The zero-order chi connectivity index (χ0) is 20.3. The number of hydrogen-bond acceptors (Lipinski definition) is 5. The van der Waals surface area contributed by atoms with Crippen LogP contribution in [0, 0.1) is 6.92 Å². The van der Waals surface area contributed by atoms with Crippen LogP contribution in [0.4, 0.5) is 5.69 Å². The molecule has 0 bridgehead atoms. The highest BCUT2D eigenvalue weighted by molar-refractivity contribution is 8.00. The van der Waals surface area contributed by atoms with Crippen molar-refractivity contribution in [2.75, 3.05) is 12.4 Å². The van der Waals surface area contributed by atoms with Crippen LogP contribution in [0.3, 0.4) is 0 Å². The van der Waals surface area contributed by atoms with Crippen LogP contribution in [0.2, 0.25) is 0 Å². The summed E-state index contributed by atoms with van der Waals surface area (Å²) < 4.78 is 5.33. The average molecular weight is 394 g/mol. The summed E-state index contributed by atoms with van der Waals surface area (Å²) in [7, 11) is 1.63. The zero-order valence-electron chi connectivity index (χ0n) is 16.3. The summed E-state index contributed by atoms with van der Waals surface area (Å²) in [6, 6.07) is 14.6. The van der Waals surface area contributed by atoms with Crippen LogP contribution in [-0.2, 0) is 4.79 Å². The van der Waals surface area contributed by atoms with Gasteiger partial charge in [-0.15, -0.1) is 11.8 Å². The van der Waals surface area contributed by atoms with Gasteiger partial charge in [0.05, 0.1) is 17.9 Å². The van der Waals surface area contributed by atoms with E-state index in [1.165, 1.54) is 18.7 Å². The number of carbonyl (C=O) groups is 2. The molecule has 1 aromatic heterocycles. The molecular formula is C22H22N2O3S. The summed E-state index contributed by atoms with van der Waals surface area (Å²) >= 11 is 1.48. The fourth-order valence-electron chi connectivity index (χ4n) is 2.80. The second-order valence-electron chi connectivity index (χ2n) is 6.53. The lowest BCUT2D eigenvalue weighted by atomic mass is 10.1. The van der Waals surface area contributed by atoms with Gasteiger partial charge in [-0.25, -0.2) is 0 Å². The molecule has 5 nitrogen and oxygen atoms in total. The number of Topliss-reactive ketones (excluding diaryl/α,β-unsaturated/α-hetero) is 1. The Labute approximate surface area is 168 Å². The highest BCUT2D eigenvalue weighted by Gasteiger charge is 2.17. The number of aromatic nitrogens is 1. The van der Waals surface area contributed by atoms with Crippen molar-refractivity contribution in [2.45, 2.75) is 30.9 Å². The van der Waals surface area contributed by atoms with Gasteiger partial charge in [0.2, 0.25) is 5.91 Å². The quantitative estimate of drug-likeness (QED) is 0.477. The molecule has 0 fully saturated rings. The number of carbonyl (C=O) groups excluding carboxylic acids is 2. The Morgan fingerprint density at radius 3 is 2.46 bits per heavy atom. The van der Waals surface area contributed by atoms with Gasteiger partial charge in [-0.05, 0) is 69.3 Å². The predicted molar refractivity (Wildman–Crippen MR) is 113 cm³/mol. The molecule has 0 aliphatic carbocycles. The molecule has 0 saturated heterocycles. The Morgan fingerprint density at radius 2 is 1.82 bits per heavy atom. The molecule has 28 heavy (non-hydrogen) atoms. The van der Waals surface area contributed by atoms with E-state index in [9.17, 15) is 9.59 Å². The number of hydrogen-bond donors (Lipinski definition) is 1. The summed E-state index contributed by atoms with van der Waals surface area (Å²) in [5.41, 5.74) is 3.05. The van der Waals surface area contributed by atoms with Gasteiger partial charge < -0.3 is 10.1 Å². The van der Waals surface area contributed by atoms with E-state index >= 15 is 0 Å². The van der Waals surface area contributed by atoms with E-state index in [0.717, 1.165) is 27.2 Å². The van der Waals surface area contributed by atoms with Gasteiger partial charge in [0.25, 0.3) is 0 Å². The Kier molecular flexibility index (Phi) is 5.99. The monoisotopic (exact) mass is 394 g/mol. The van der Waals surface area contributed by atoms with Crippen LogP contribution in [0.15, 0.2) is 53.4 Å². The number of nitrogens with one attached hydrogen (secondary N) is 1. The number of aryl methyl sites for hydroxylation is 1. The molecule has 1 atom stereocenters. The van der Waals surface area contributed by atoms with Crippen molar-refractivity contribution in [3.05, 3.63) is 59.8 Å². The molecule has 3 aromatic rings. The number of amides is 1. The Balaban J connectivity index is 1.79. The first-order chi connectivity index (χ1) is 13.4. The highest BCUT2D eigenvalue weighted by Crippen LogP contribution is 2.33. The second kappa shape index (κ2) is 8.44. The lowest BCUT2D eigenvalue weighted by Gasteiger charge is -2.14. The Bertz CT molecular complexity index is 1030. The Hall–Kier alpha value is -2.86. The molecule has 1 heterocycles. The van der Waals surface area contributed by atoms with Crippen LogP contribution < -0.4 is 10.1 Å². The molecule has 1 amide bonds. The molecule has 0 saturated carbocycles. The maximum absolute atomic E-state index is 12.6. The largest absolute Gasteiger partial charge is 0.497 e. The molecule has 0 aliphatic rings. The van der Waals surface area contributed by atoms with E-state index in [1.54, 1.807) is 31.4 Å². The first-order valence-electron chi connectivity index (χ1n) is 8.91. The standard InChI is InChI=1S/C22H22N2O3S/c1-13-11-21(19-12-18(27-4)9-10-20(19)23-13)28-15(3)22(26)24-17-7-5-16(6-8-17)14(2)25/h5-12,15H,1-4H3,(H,24,26)/t15-/m1/s1. The molecule has 0 aliphatic heterocycles. The van der Waals surface area contributed by atoms with Gasteiger partial charge in [0.15, 0.2) is 5.78 Å². The number of thioether (sulfide) groups is 1. The van der Waals surface area contributed by atoms with Crippen molar-refractivity contribution < 1.29 is 14.3 Å². The third-order valence-corrected chi connectivity index (χ3v) is 5.50. The zero-order valence-corrected chi connectivity index (χ0v) is 17.1. The number of fused-ring (bicyclic) bond motifs is 1. The lowest BCUT2D eigenvalue weighted by Crippen LogP contribution is -2.22. The number of benzene rings is 2. The minimum absolute atomic E-state index is 0.00263. The number of pyridine rings is 1. The third kappa shape index (κ3) is 4.51. The SMILES string of the molecule is COc1ccc2nc(C)cc(S[C@H](C)C(=O)Nc3ccc(C(C)=O)cc3)c2c1. The second-order valence-corrected chi connectivity index (χ2v) is 7.91. The van der Waals surface area contributed by atoms with E-state index in [-0.39, 0.29) is 16.9 Å². The number of rotatable bonds is 6. The van der Waals surface area contributed by atoms with Crippen LogP contribution in [0.1, 0.15) is 29.9 Å². The van der Waals surface area contributed by atoms with Crippen molar-refractivity contribution in [2.24, 2.45) is 0 Å². The van der Waals surface area contributed by atoms with Gasteiger partial charge in [0, 0.05) is 27.2 Å². The minimum Gasteiger partial charge on any atom is -0.497 e. The maximum Gasteiger partial charge on any atom is 0.237 e. The van der Waals surface area contributed by atoms with Crippen molar-refractivity contribution in [3.63, 3.8) is 0 Å². The summed E-state index contributed by atoms with van der Waals surface area (Å²) in [5.74, 6) is 0.644. The molecular weight excluding hydrogens is 372 g/mol. The fraction of sp³-hybridized carbons (Fsp3) is 0.227. The molecule has 2 aromatic carbocycles. The summed E-state index contributed by atoms with van der Waals surface area (Å²) in [6.07, 6.45) is 0. The number of anilines is 1. The van der Waals surface area contributed by atoms with E-state index in [1.807, 2.05) is 38.1 Å². The van der Waals surface area contributed by atoms with Crippen molar-refractivity contribution >= 4 is 40.0 Å². The van der Waals surface area contributed by atoms with E-state index in [4.69, 9.17) is 4.74 Å². The van der Waals surface area contributed by atoms with Gasteiger partial charge in [0.1, 0.15) is 5.75 Å². The average Bonchev–Trinajstić information content (AvgIpc) is 2.67. The van der Waals surface area contributed by atoms with Crippen molar-refractivity contribution in [1.82, 2.24) is 4.98 Å². The molecule has 3 rings (SSSR count). The molecule has 1 N–H and O–H groups in total. The molecule has 0 radical (unpaired) electrons. The van der Waals surface area contributed by atoms with Crippen LogP contribution >= 0.6 is 11.8 Å².